The number of carbonyl (C=O) groups excluding carboxylic acids is 2. The molecule has 0 spiro atoms. The van der Waals surface area contributed by atoms with E-state index >= 15 is 0 Å². The van der Waals surface area contributed by atoms with Gasteiger partial charge < -0.3 is 45.1 Å². The highest BCUT2D eigenvalue weighted by Crippen LogP contribution is 2.26. The normalized spacial score (nSPS) is 19.1. The molecule has 8 atom stereocenters. The zero-order chi connectivity index (χ0) is 64.6. The summed E-state index contributed by atoms with van der Waals surface area (Å²) in [7, 11) is 0. The number of ether oxygens (including phenoxy) is 3. The molecule has 8 unspecified atom stereocenters. The number of nitrogens with one attached hydrogen (secondary N) is 1. The minimum absolute atomic E-state index is 0.0822. The topological polar surface area (TPSA) is 175 Å². The van der Waals surface area contributed by atoms with Crippen molar-refractivity contribution in [3.63, 3.8) is 0 Å². The summed E-state index contributed by atoms with van der Waals surface area (Å²) in [5.74, 6) is -1.25. The molecule has 1 aliphatic heterocycles. The van der Waals surface area contributed by atoms with Crippen LogP contribution in [0.4, 0.5) is 0 Å². The lowest BCUT2D eigenvalue weighted by atomic mass is 9.99. The molecule has 0 aromatic heterocycles. The molecular formula is C78H127NO10. The van der Waals surface area contributed by atoms with Crippen molar-refractivity contribution in [2.24, 2.45) is 0 Å². The van der Waals surface area contributed by atoms with Crippen LogP contribution in [0, 0.1) is 0 Å². The lowest BCUT2D eigenvalue weighted by molar-refractivity contribution is -0.305. The molecule has 89 heavy (non-hydrogen) atoms. The summed E-state index contributed by atoms with van der Waals surface area (Å²) in [6.07, 6.45) is 82.6. The van der Waals surface area contributed by atoms with Crippen molar-refractivity contribution in [2.75, 3.05) is 13.2 Å². The van der Waals surface area contributed by atoms with Crippen molar-refractivity contribution in [3.8, 4) is 0 Å². The van der Waals surface area contributed by atoms with Crippen LogP contribution in [0.3, 0.4) is 0 Å². The molecule has 11 nitrogen and oxygen atoms in total. The smallest absolute Gasteiger partial charge is 0.306 e. The van der Waals surface area contributed by atoms with Gasteiger partial charge in [0.2, 0.25) is 5.91 Å². The second kappa shape index (κ2) is 63.4. The van der Waals surface area contributed by atoms with E-state index < -0.39 is 67.4 Å². The predicted molar refractivity (Wildman–Crippen MR) is 374 cm³/mol. The molecular weight excluding hydrogens is 1110 g/mol. The first-order valence-electron chi connectivity index (χ1n) is 35.3. The summed E-state index contributed by atoms with van der Waals surface area (Å²) in [5.41, 5.74) is 0. The second-order valence-electron chi connectivity index (χ2n) is 23.5. The van der Waals surface area contributed by atoms with E-state index in [1.807, 2.05) is 6.08 Å². The number of hydrogen-bond acceptors (Lipinski definition) is 10. The summed E-state index contributed by atoms with van der Waals surface area (Å²) in [4.78, 5) is 26.7. The highest BCUT2D eigenvalue weighted by molar-refractivity contribution is 5.80. The molecule has 0 saturated carbocycles. The molecule has 0 aromatic carbocycles. The van der Waals surface area contributed by atoms with E-state index in [1.165, 1.54) is 51.4 Å². The highest BCUT2D eigenvalue weighted by Gasteiger charge is 2.47. The van der Waals surface area contributed by atoms with E-state index in [0.717, 1.165) is 161 Å². The van der Waals surface area contributed by atoms with Crippen LogP contribution in [-0.4, -0.2) is 99.6 Å². The lowest BCUT2D eigenvalue weighted by Gasteiger charge is -2.41. The van der Waals surface area contributed by atoms with Crippen molar-refractivity contribution >= 4 is 11.9 Å². The van der Waals surface area contributed by atoms with Gasteiger partial charge in [-0.05, 0) is 128 Å². The van der Waals surface area contributed by atoms with Crippen LogP contribution < -0.4 is 5.32 Å². The first-order chi connectivity index (χ1) is 43.7. The van der Waals surface area contributed by atoms with Crippen molar-refractivity contribution in [1.29, 1.82) is 0 Å². The summed E-state index contributed by atoms with van der Waals surface area (Å²) < 4.78 is 17.7. The number of amides is 1. The molecule has 1 fully saturated rings. The fourth-order valence-electron chi connectivity index (χ4n) is 9.95. The third-order valence-corrected chi connectivity index (χ3v) is 15.4. The van der Waals surface area contributed by atoms with Crippen LogP contribution in [0.25, 0.3) is 0 Å². The lowest BCUT2D eigenvalue weighted by Crippen LogP contribution is -2.61. The van der Waals surface area contributed by atoms with Crippen LogP contribution in [0.5, 0.6) is 0 Å². The standard InChI is InChI=1S/C78H127NO10/c1-4-7-10-13-16-19-22-25-27-29-31-33-35-37-38-40-42-44-47-50-53-56-59-62-65-71(82)77(86)79-69(70(81)64-61-58-55-52-49-46-24-21-18-15-12-9-6-3)68-87-78-76(75(85)74(84)72(67-80)88-78)89-73(83)66-63-60-57-54-51-48-45-43-41-39-36-34-32-30-28-26-23-20-17-14-11-8-5-2/h7-8,10-11,16-17,19-20,25-28,31-34,37-39,41-42,44-45,48,61,64,69-72,74-76,78,80-82,84-85H,4-6,9,12-15,18,21-24,29-30,35-36,40,43,46-47,49-60,62-63,65-68H2,1-3H3,(H,79,86)/b10-7-,11-8-,19-16-,20-17-,27-25-,28-26-,33-31-,34-32-,38-37-,41-39-,44-42-,48-45-,64-61+. The molecule has 0 aromatic rings. The number of allylic oxidation sites excluding steroid dienone is 25. The van der Waals surface area contributed by atoms with Gasteiger partial charge in [-0.3, -0.25) is 9.59 Å². The van der Waals surface area contributed by atoms with Crippen LogP contribution in [0.15, 0.2) is 158 Å². The van der Waals surface area contributed by atoms with Gasteiger partial charge in [0.1, 0.15) is 24.4 Å². The zero-order valence-electron chi connectivity index (χ0n) is 56.0. The van der Waals surface area contributed by atoms with Gasteiger partial charge in [0, 0.05) is 6.42 Å². The van der Waals surface area contributed by atoms with Crippen molar-refractivity contribution in [2.45, 2.75) is 307 Å². The number of carbonyl (C=O) groups is 2. The molecule has 0 aliphatic carbocycles. The van der Waals surface area contributed by atoms with E-state index in [0.29, 0.717) is 12.8 Å². The van der Waals surface area contributed by atoms with Crippen LogP contribution in [0.1, 0.15) is 258 Å². The maximum atomic E-state index is 13.5. The number of unbranched alkanes of at least 4 members (excludes halogenated alkanes) is 20. The SMILES string of the molecule is CC/C=C\C/C=C\C/C=C\C/C=C\C/C=C\C/C=C\CCCCCCCC(O)C(=O)NC(COC1OC(CO)C(O)C(O)C1OC(=O)CCCCCC/C=C\C/C=C\C/C=C\C/C=C\C/C=C\C/C=C\CC)C(O)/C=C/CCCCCCCCCCCCC. The third kappa shape index (κ3) is 50.6. The molecule has 504 valence electrons. The first-order valence-corrected chi connectivity index (χ1v) is 35.3. The Hall–Kier alpha value is -4.72. The van der Waals surface area contributed by atoms with Gasteiger partial charge in [-0.25, -0.2) is 0 Å². The van der Waals surface area contributed by atoms with Gasteiger partial charge >= 0.3 is 5.97 Å². The van der Waals surface area contributed by atoms with Crippen LogP contribution in [-0.2, 0) is 23.8 Å². The first kappa shape index (κ1) is 82.3. The van der Waals surface area contributed by atoms with E-state index in [2.05, 4.69) is 172 Å². The van der Waals surface area contributed by atoms with E-state index in [-0.39, 0.29) is 19.4 Å². The Morgan fingerprint density at radius 1 is 0.449 bits per heavy atom. The third-order valence-electron chi connectivity index (χ3n) is 15.4. The number of esters is 1. The minimum atomic E-state index is -1.64. The number of aliphatic hydroxyl groups excluding tert-OH is 5. The van der Waals surface area contributed by atoms with Crippen molar-refractivity contribution in [1.82, 2.24) is 5.32 Å². The van der Waals surface area contributed by atoms with Gasteiger partial charge in [-0.15, -0.1) is 0 Å². The summed E-state index contributed by atoms with van der Waals surface area (Å²) >= 11 is 0. The predicted octanol–water partition coefficient (Wildman–Crippen LogP) is 18.3. The Labute approximate surface area is 542 Å². The van der Waals surface area contributed by atoms with Gasteiger partial charge in [0.05, 0.1) is 25.4 Å². The van der Waals surface area contributed by atoms with Gasteiger partial charge in [-0.2, -0.15) is 0 Å². The molecule has 1 rings (SSSR count). The molecule has 1 aliphatic rings. The Morgan fingerprint density at radius 2 is 0.809 bits per heavy atom. The van der Waals surface area contributed by atoms with Gasteiger partial charge in [-0.1, -0.05) is 281 Å². The molecule has 11 heteroatoms. The molecule has 1 saturated heterocycles. The van der Waals surface area contributed by atoms with E-state index in [9.17, 15) is 35.1 Å². The van der Waals surface area contributed by atoms with Crippen molar-refractivity contribution < 1.29 is 49.3 Å². The average Bonchev–Trinajstić information content (AvgIpc) is 3.11. The molecule has 1 amide bonds. The maximum Gasteiger partial charge on any atom is 0.306 e. The average molecular weight is 1240 g/mol. The Morgan fingerprint density at radius 3 is 1.21 bits per heavy atom. The van der Waals surface area contributed by atoms with Gasteiger partial charge in [0.25, 0.3) is 0 Å². The molecule has 0 bridgehead atoms. The fraction of sp³-hybridized carbons (Fsp3) is 0.641. The monoisotopic (exact) mass is 1240 g/mol. The summed E-state index contributed by atoms with van der Waals surface area (Å²) in [6.45, 7) is 5.54. The largest absolute Gasteiger partial charge is 0.454 e. The minimum Gasteiger partial charge on any atom is -0.454 e. The molecule has 6 N–H and O–H groups in total. The number of hydrogen-bond donors (Lipinski definition) is 6. The molecule has 1 heterocycles. The zero-order valence-corrected chi connectivity index (χ0v) is 56.0. The highest BCUT2D eigenvalue weighted by atomic mass is 16.7. The Balaban J connectivity index is 2.66. The van der Waals surface area contributed by atoms with Crippen molar-refractivity contribution in [3.05, 3.63) is 158 Å². The van der Waals surface area contributed by atoms with E-state index in [4.69, 9.17) is 14.2 Å². The number of aliphatic hydroxyl groups is 5. The Bertz CT molecular complexity index is 2060. The summed E-state index contributed by atoms with van der Waals surface area (Å²) in [6, 6.07) is -1.05. The van der Waals surface area contributed by atoms with E-state index in [1.54, 1.807) is 6.08 Å². The second-order valence-corrected chi connectivity index (χ2v) is 23.5. The fourth-order valence-corrected chi connectivity index (χ4v) is 9.95. The quantitative estimate of drug-likeness (QED) is 0.0195. The Kier molecular flexibility index (Phi) is 58.6. The van der Waals surface area contributed by atoms with Gasteiger partial charge in [0.15, 0.2) is 12.4 Å². The molecule has 0 radical (unpaired) electrons. The summed E-state index contributed by atoms with van der Waals surface area (Å²) in [5, 5.41) is 57.3. The number of rotatable bonds is 58. The maximum absolute atomic E-state index is 13.5. The van der Waals surface area contributed by atoms with Crippen LogP contribution in [0.2, 0.25) is 0 Å². The van der Waals surface area contributed by atoms with Crippen LogP contribution >= 0.6 is 0 Å².